The zero-order chi connectivity index (χ0) is 21.0. The third-order valence-electron chi connectivity index (χ3n) is 4.95. The number of nitrogens with zero attached hydrogens (tertiary/aromatic N) is 1. The van der Waals surface area contributed by atoms with Gasteiger partial charge in [0.2, 0.25) is 0 Å². The number of amides is 1. The largest absolute Gasteiger partial charge is 0.494 e. The number of carbonyl (C=O) groups excluding carboxylic acids is 1. The molecule has 0 aromatic heterocycles. The Balaban J connectivity index is 1.61. The highest BCUT2D eigenvalue weighted by Gasteiger charge is 2.18. The van der Waals surface area contributed by atoms with E-state index in [1.807, 2.05) is 12.1 Å². The van der Waals surface area contributed by atoms with Gasteiger partial charge in [0.15, 0.2) is 10.9 Å². The van der Waals surface area contributed by atoms with Crippen molar-refractivity contribution in [1.82, 2.24) is 5.32 Å². The van der Waals surface area contributed by atoms with Crippen LogP contribution in [0.5, 0.6) is 5.75 Å². The zero-order valence-corrected chi connectivity index (χ0v) is 18.6. The van der Waals surface area contributed by atoms with Crippen LogP contribution in [-0.2, 0) is 0 Å². The summed E-state index contributed by atoms with van der Waals surface area (Å²) in [6.45, 7) is 3.34. The standard InChI is InChI=1S/C21H23Cl2N3O2S/c1-13-5-3-4-10-26(13)16-8-6-15(7-9-16)24-21(29)25-20(27)14-11-17(22)19(28-2)18(23)12-14/h6-9,11-13H,3-5,10H2,1-2H3,(H2,24,25,27,29). The van der Waals surface area contributed by atoms with E-state index >= 15 is 0 Å². The van der Waals surface area contributed by atoms with E-state index in [4.69, 9.17) is 40.2 Å². The number of halogens is 2. The van der Waals surface area contributed by atoms with Crippen LogP contribution in [0.15, 0.2) is 36.4 Å². The van der Waals surface area contributed by atoms with Crippen LogP contribution < -0.4 is 20.3 Å². The Bertz CT molecular complexity index is 882. The van der Waals surface area contributed by atoms with Crippen molar-refractivity contribution in [2.24, 2.45) is 0 Å². The van der Waals surface area contributed by atoms with Gasteiger partial charge in [-0.15, -0.1) is 0 Å². The first-order chi connectivity index (χ1) is 13.9. The van der Waals surface area contributed by atoms with Crippen molar-refractivity contribution >= 4 is 57.8 Å². The Morgan fingerprint density at radius 3 is 2.41 bits per heavy atom. The SMILES string of the molecule is COc1c(Cl)cc(C(=O)NC(=S)Nc2ccc(N3CCCCC3C)cc2)cc1Cl. The summed E-state index contributed by atoms with van der Waals surface area (Å²) in [6.07, 6.45) is 3.73. The van der Waals surface area contributed by atoms with Crippen LogP contribution in [0.1, 0.15) is 36.5 Å². The number of anilines is 2. The van der Waals surface area contributed by atoms with E-state index < -0.39 is 5.91 Å². The molecule has 0 radical (unpaired) electrons. The first-order valence-corrected chi connectivity index (χ1v) is 10.6. The summed E-state index contributed by atoms with van der Waals surface area (Å²) in [5.41, 5.74) is 2.29. The van der Waals surface area contributed by atoms with E-state index in [0.717, 1.165) is 12.2 Å². The highest BCUT2D eigenvalue weighted by Crippen LogP contribution is 2.33. The van der Waals surface area contributed by atoms with Crippen LogP contribution in [0.2, 0.25) is 10.0 Å². The molecule has 1 fully saturated rings. The number of carbonyl (C=O) groups is 1. The number of piperidine rings is 1. The number of hydrogen-bond donors (Lipinski definition) is 2. The van der Waals surface area contributed by atoms with Crippen molar-refractivity contribution in [2.75, 3.05) is 23.9 Å². The lowest BCUT2D eigenvalue weighted by molar-refractivity contribution is 0.0977. The Morgan fingerprint density at radius 1 is 1.17 bits per heavy atom. The third-order valence-corrected chi connectivity index (χ3v) is 5.72. The van der Waals surface area contributed by atoms with Gasteiger partial charge in [-0.25, -0.2) is 0 Å². The number of nitrogens with one attached hydrogen (secondary N) is 2. The topological polar surface area (TPSA) is 53.6 Å². The van der Waals surface area contributed by atoms with Crippen LogP contribution >= 0.6 is 35.4 Å². The first kappa shape index (κ1) is 21.7. The molecule has 0 bridgehead atoms. The molecule has 1 heterocycles. The monoisotopic (exact) mass is 451 g/mol. The Kier molecular flexibility index (Phi) is 7.22. The van der Waals surface area contributed by atoms with E-state index in [1.54, 1.807) is 0 Å². The van der Waals surface area contributed by atoms with Gasteiger partial charge in [-0.1, -0.05) is 23.2 Å². The Labute approximate surface area is 186 Å². The maximum absolute atomic E-state index is 12.4. The molecule has 0 spiro atoms. The minimum absolute atomic E-state index is 0.192. The molecule has 5 nitrogen and oxygen atoms in total. The van der Waals surface area contributed by atoms with Crippen molar-refractivity contribution in [3.63, 3.8) is 0 Å². The van der Waals surface area contributed by atoms with Gasteiger partial charge in [0.1, 0.15) is 0 Å². The van der Waals surface area contributed by atoms with Crippen LogP contribution in [0.25, 0.3) is 0 Å². The quantitative estimate of drug-likeness (QED) is 0.600. The zero-order valence-electron chi connectivity index (χ0n) is 16.3. The van der Waals surface area contributed by atoms with E-state index in [2.05, 4.69) is 34.6 Å². The molecular formula is C21H23Cl2N3O2S. The molecule has 1 atom stereocenters. The lowest BCUT2D eigenvalue weighted by atomic mass is 10.0. The number of benzene rings is 2. The van der Waals surface area contributed by atoms with Gasteiger partial charge in [-0.3, -0.25) is 10.1 Å². The van der Waals surface area contributed by atoms with Gasteiger partial charge in [0.05, 0.1) is 17.2 Å². The summed E-state index contributed by atoms with van der Waals surface area (Å²) in [5, 5.41) is 6.36. The Morgan fingerprint density at radius 2 is 1.83 bits per heavy atom. The lowest BCUT2D eigenvalue weighted by Crippen LogP contribution is -2.37. The van der Waals surface area contributed by atoms with Crippen LogP contribution in [-0.4, -0.2) is 30.7 Å². The maximum Gasteiger partial charge on any atom is 0.257 e. The fourth-order valence-electron chi connectivity index (χ4n) is 3.44. The summed E-state index contributed by atoms with van der Waals surface area (Å²) in [7, 11) is 1.46. The average Bonchev–Trinajstić information content (AvgIpc) is 2.68. The summed E-state index contributed by atoms with van der Waals surface area (Å²) in [6, 6.07) is 11.6. The molecule has 2 aromatic carbocycles. The highest BCUT2D eigenvalue weighted by molar-refractivity contribution is 7.80. The molecule has 1 unspecified atom stereocenters. The lowest BCUT2D eigenvalue weighted by Gasteiger charge is -2.35. The molecule has 0 saturated carbocycles. The molecule has 2 N–H and O–H groups in total. The van der Waals surface area contributed by atoms with E-state index in [9.17, 15) is 4.79 Å². The predicted octanol–water partition coefficient (Wildman–Crippen LogP) is 5.51. The first-order valence-electron chi connectivity index (χ1n) is 9.41. The fraction of sp³-hybridized carbons (Fsp3) is 0.333. The van der Waals surface area contributed by atoms with Crippen LogP contribution in [0.4, 0.5) is 11.4 Å². The number of hydrogen-bond acceptors (Lipinski definition) is 4. The van der Waals surface area contributed by atoms with Gasteiger partial charge in [-0.05, 0) is 74.8 Å². The van der Waals surface area contributed by atoms with Crippen molar-refractivity contribution in [1.29, 1.82) is 0 Å². The molecule has 1 amide bonds. The summed E-state index contributed by atoms with van der Waals surface area (Å²) < 4.78 is 5.09. The second-order valence-electron chi connectivity index (χ2n) is 6.97. The smallest absolute Gasteiger partial charge is 0.257 e. The van der Waals surface area contributed by atoms with Crippen molar-refractivity contribution in [3.05, 3.63) is 52.0 Å². The Hall–Kier alpha value is -2.02. The van der Waals surface area contributed by atoms with E-state index in [1.165, 1.54) is 44.2 Å². The van der Waals surface area contributed by atoms with Gasteiger partial charge < -0.3 is 15.0 Å². The molecule has 154 valence electrons. The van der Waals surface area contributed by atoms with E-state index in [0.29, 0.717) is 17.4 Å². The summed E-state index contributed by atoms with van der Waals surface area (Å²) >= 11 is 17.4. The van der Waals surface area contributed by atoms with Gasteiger partial charge in [-0.2, -0.15) is 0 Å². The number of thiocarbonyl (C=S) groups is 1. The molecule has 29 heavy (non-hydrogen) atoms. The van der Waals surface area contributed by atoms with Crippen LogP contribution in [0, 0.1) is 0 Å². The summed E-state index contributed by atoms with van der Waals surface area (Å²) in [5.74, 6) is -0.0820. The molecular weight excluding hydrogens is 429 g/mol. The molecule has 3 rings (SSSR count). The summed E-state index contributed by atoms with van der Waals surface area (Å²) in [4.78, 5) is 14.9. The normalized spacial score (nSPS) is 16.3. The number of rotatable bonds is 4. The predicted molar refractivity (Wildman–Crippen MR) is 124 cm³/mol. The fourth-order valence-corrected chi connectivity index (χ4v) is 4.29. The molecule has 2 aromatic rings. The molecule has 1 aliphatic heterocycles. The second kappa shape index (κ2) is 9.65. The molecule has 8 heteroatoms. The highest BCUT2D eigenvalue weighted by atomic mass is 35.5. The van der Waals surface area contributed by atoms with Gasteiger partial charge >= 0.3 is 0 Å². The van der Waals surface area contributed by atoms with Crippen molar-refractivity contribution < 1.29 is 9.53 Å². The molecule has 0 aliphatic carbocycles. The average molecular weight is 452 g/mol. The van der Waals surface area contributed by atoms with Crippen molar-refractivity contribution in [3.8, 4) is 5.75 Å². The molecule has 1 saturated heterocycles. The number of ether oxygens (including phenoxy) is 1. The minimum Gasteiger partial charge on any atom is -0.494 e. The van der Waals surface area contributed by atoms with Gasteiger partial charge in [0, 0.05) is 29.5 Å². The third kappa shape index (κ3) is 5.32. The minimum atomic E-state index is -0.410. The second-order valence-corrected chi connectivity index (χ2v) is 8.19. The maximum atomic E-state index is 12.4. The molecule has 1 aliphatic rings. The van der Waals surface area contributed by atoms with Crippen molar-refractivity contribution in [2.45, 2.75) is 32.2 Å². The van der Waals surface area contributed by atoms with E-state index in [-0.39, 0.29) is 15.2 Å². The van der Waals surface area contributed by atoms with Crippen LogP contribution in [0.3, 0.4) is 0 Å². The van der Waals surface area contributed by atoms with Gasteiger partial charge in [0.25, 0.3) is 5.91 Å². The number of methoxy groups -OCH3 is 1.